The van der Waals surface area contributed by atoms with Crippen molar-refractivity contribution in [2.75, 3.05) is 16.8 Å². The van der Waals surface area contributed by atoms with Crippen molar-refractivity contribution in [3.63, 3.8) is 0 Å². The van der Waals surface area contributed by atoms with Crippen LogP contribution in [0.5, 0.6) is 0 Å². The summed E-state index contributed by atoms with van der Waals surface area (Å²) in [5.41, 5.74) is 6.06. The molecule has 2 aromatic carbocycles. The van der Waals surface area contributed by atoms with Gasteiger partial charge in [0.15, 0.2) is 5.13 Å². The minimum Gasteiger partial charge on any atom is -0.308 e. The Morgan fingerprint density at radius 1 is 1.03 bits per heavy atom. The van der Waals surface area contributed by atoms with Gasteiger partial charge in [0, 0.05) is 34.4 Å². The molecule has 0 radical (unpaired) electrons. The van der Waals surface area contributed by atoms with Crippen molar-refractivity contribution in [3.8, 4) is 11.3 Å². The van der Waals surface area contributed by atoms with Crippen LogP contribution in [0.3, 0.4) is 0 Å². The van der Waals surface area contributed by atoms with Crippen molar-refractivity contribution in [3.05, 3.63) is 94.1 Å². The van der Waals surface area contributed by atoms with Gasteiger partial charge in [0.1, 0.15) is 5.69 Å². The zero-order valence-electron chi connectivity index (χ0n) is 18.3. The molecule has 4 aromatic rings. The van der Waals surface area contributed by atoms with Crippen LogP contribution in [0.15, 0.2) is 66.9 Å². The number of amides is 2. The summed E-state index contributed by atoms with van der Waals surface area (Å²) >= 11 is 1.43. The van der Waals surface area contributed by atoms with Crippen molar-refractivity contribution in [1.29, 1.82) is 0 Å². The number of rotatable bonds is 4. The molecule has 1 aliphatic rings. The second kappa shape index (κ2) is 8.60. The van der Waals surface area contributed by atoms with E-state index in [1.54, 1.807) is 24.4 Å². The van der Waals surface area contributed by atoms with Gasteiger partial charge in [-0.05, 0) is 62.2 Å². The summed E-state index contributed by atoms with van der Waals surface area (Å²) in [5.74, 6) is -0.263. The van der Waals surface area contributed by atoms with E-state index in [0.29, 0.717) is 22.9 Å². The molecule has 0 aliphatic carbocycles. The first-order chi connectivity index (χ1) is 16.0. The zero-order valence-corrected chi connectivity index (χ0v) is 19.1. The molecule has 7 heteroatoms. The van der Waals surface area contributed by atoms with Gasteiger partial charge in [0.2, 0.25) is 0 Å². The molecule has 5 rings (SSSR count). The highest BCUT2D eigenvalue weighted by Gasteiger charge is 2.26. The summed E-state index contributed by atoms with van der Waals surface area (Å²) in [6.07, 6.45) is 2.39. The van der Waals surface area contributed by atoms with E-state index < -0.39 is 0 Å². The van der Waals surface area contributed by atoms with Crippen LogP contribution in [-0.2, 0) is 6.42 Å². The maximum atomic E-state index is 13.0. The fraction of sp³-hybridized carbons (Fsp3) is 0.154. The minimum absolute atomic E-state index is 0.0193. The molecule has 0 unspecified atom stereocenters. The predicted octanol–water partition coefficient (Wildman–Crippen LogP) is 5.28. The smallest absolute Gasteiger partial charge is 0.276 e. The molecule has 6 nitrogen and oxygen atoms in total. The number of hydrogen-bond donors (Lipinski definition) is 1. The Morgan fingerprint density at radius 2 is 1.85 bits per heavy atom. The van der Waals surface area contributed by atoms with Gasteiger partial charge >= 0.3 is 0 Å². The molecule has 0 saturated carbocycles. The number of anilines is 2. The highest BCUT2D eigenvalue weighted by molar-refractivity contribution is 7.16. The van der Waals surface area contributed by atoms with Crippen LogP contribution < -0.4 is 10.2 Å². The molecule has 1 N–H and O–H groups in total. The van der Waals surface area contributed by atoms with Crippen molar-refractivity contribution in [1.82, 2.24) is 9.97 Å². The van der Waals surface area contributed by atoms with E-state index in [1.165, 1.54) is 11.3 Å². The number of hydrogen-bond acceptors (Lipinski definition) is 5. The highest BCUT2D eigenvalue weighted by Crippen LogP contribution is 2.36. The lowest BCUT2D eigenvalue weighted by Gasteiger charge is -2.17. The molecular formula is C26H22N4O2S. The summed E-state index contributed by atoms with van der Waals surface area (Å²) in [6, 6.07) is 19.0. The molecule has 0 atom stereocenters. The lowest BCUT2D eigenvalue weighted by molar-refractivity contribution is 0.0987. The van der Waals surface area contributed by atoms with Gasteiger partial charge in [-0.15, -0.1) is 11.3 Å². The van der Waals surface area contributed by atoms with Gasteiger partial charge in [-0.3, -0.25) is 19.9 Å². The summed E-state index contributed by atoms with van der Waals surface area (Å²) < 4.78 is 0. The summed E-state index contributed by atoms with van der Waals surface area (Å²) in [4.78, 5) is 37.0. The number of pyridine rings is 1. The van der Waals surface area contributed by atoms with Crippen LogP contribution in [0.1, 0.15) is 36.9 Å². The van der Waals surface area contributed by atoms with Gasteiger partial charge in [0.05, 0.1) is 5.69 Å². The first kappa shape index (κ1) is 21.0. The van der Waals surface area contributed by atoms with Crippen LogP contribution in [0.25, 0.3) is 11.3 Å². The first-order valence-electron chi connectivity index (χ1n) is 10.7. The van der Waals surface area contributed by atoms with Gasteiger partial charge < -0.3 is 4.90 Å². The summed E-state index contributed by atoms with van der Waals surface area (Å²) in [6.45, 7) is 4.66. The van der Waals surface area contributed by atoms with E-state index in [1.807, 2.05) is 55.1 Å². The number of aromatic nitrogens is 2. The van der Waals surface area contributed by atoms with Crippen molar-refractivity contribution < 1.29 is 9.59 Å². The SMILES string of the molecule is Cc1ccc(C(=O)N2CCc3cc(-c4nc(NC(=O)c5ccccn5)sc4C)ccc32)cc1. The highest BCUT2D eigenvalue weighted by atomic mass is 32.1. The Morgan fingerprint density at radius 3 is 2.61 bits per heavy atom. The third-order valence-corrected chi connectivity index (χ3v) is 6.59. The Hall–Kier alpha value is -3.84. The third kappa shape index (κ3) is 4.15. The van der Waals surface area contributed by atoms with Crippen LogP contribution in [-0.4, -0.2) is 28.3 Å². The molecule has 0 bridgehead atoms. The number of carbonyl (C=O) groups is 2. The number of aryl methyl sites for hydroxylation is 2. The standard InChI is InChI=1S/C26H22N4O2S/c1-16-6-8-18(9-7-16)25(32)30-14-12-19-15-20(10-11-22(19)30)23-17(2)33-26(28-23)29-24(31)21-5-3-4-13-27-21/h3-11,13,15H,12,14H2,1-2H3,(H,28,29,31). The monoisotopic (exact) mass is 454 g/mol. The Kier molecular flexibility index (Phi) is 5.48. The van der Waals surface area contributed by atoms with Crippen LogP contribution >= 0.6 is 11.3 Å². The third-order valence-electron chi connectivity index (χ3n) is 5.71. The maximum Gasteiger partial charge on any atom is 0.276 e. The second-order valence-corrected chi connectivity index (χ2v) is 9.21. The summed E-state index contributed by atoms with van der Waals surface area (Å²) in [5, 5.41) is 3.38. The fourth-order valence-electron chi connectivity index (χ4n) is 3.99. The first-order valence-corrected chi connectivity index (χ1v) is 11.5. The van der Waals surface area contributed by atoms with Crippen molar-refractivity contribution >= 4 is 34.0 Å². The molecule has 3 heterocycles. The average Bonchev–Trinajstić information content (AvgIpc) is 3.42. The molecule has 1 aliphatic heterocycles. The van der Waals surface area contributed by atoms with Gasteiger partial charge in [-0.25, -0.2) is 4.98 Å². The van der Waals surface area contributed by atoms with E-state index >= 15 is 0 Å². The molecule has 0 fully saturated rings. The molecule has 0 spiro atoms. The largest absolute Gasteiger partial charge is 0.308 e. The Balaban J connectivity index is 1.37. The normalized spacial score (nSPS) is 12.5. The number of thiazole rings is 1. The van der Waals surface area contributed by atoms with Crippen LogP contribution in [0, 0.1) is 13.8 Å². The van der Waals surface area contributed by atoms with E-state index in [0.717, 1.165) is 39.4 Å². The average molecular weight is 455 g/mol. The van der Waals surface area contributed by atoms with Gasteiger partial charge in [-0.1, -0.05) is 29.8 Å². The van der Waals surface area contributed by atoms with Crippen molar-refractivity contribution in [2.24, 2.45) is 0 Å². The lowest BCUT2D eigenvalue weighted by Crippen LogP contribution is -2.28. The van der Waals surface area contributed by atoms with Crippen LogP contribution in [0.2, 0.25) is 0 Å². The number of carbonyl (C=O) groups excluding carboxylic acids is 2. The molecule has 2 amide bonds. The van der Waals surface area contributed by atoms with Gasteiger partial charge in [0.25, 0.3) is 11.8 Å². The topological polar surface area (TPSA) is 75.2 Å². The van der Waals surface area contributed by atoms with E-state index in [9.17, 15) is 9.59 Å². The number of fused-ring (bicyclic) bond motifs is 1. The lowest BCUT2D eigenvalue weighted by atomic mass is 10.1. The number of nitrogens with one attached hydrogen (secondary N) is 1. The zero-order chi connectivity index (χ0) is 22.9. The number of benzene rings is 2. The Bertz CT molecular complexity index is 1350. The fourth-order valence-corrected chi connectivity index (χ4v) is 4.82. The molecule has 2 aromatic heterocycles. The molecule has 0 saturated heterocycles. The van der Waals surface area contributed by atoms with Crippen molar-refractivity contribution in [2.45, 2.75) is 20.3 Å². The van der Waals surface area contributed by atoms with E-state index in [2.05, 4.69) is 21.4 Å². The van der Waals surface area contributed by atoms with E-state index in [4.69, 9.17) is 0 Å². The Labute approximate surface area is 195 Å². The van der Waals surface area contributed by atoms with E-state index in [-0.39, 0.29) is 11.8 Å². The maximum absolute atomic E-state index is 13.0. The predicted molar refractivity (Wildman–Crippen MR) is 131 cm³/mol. The minimum atomic E-state index is -0.282. The quantitative estimate of drug-likeness (QED) is 0.455. The van der Waals surface area contributed by atoms with Crippen LogP contribution in [0.4, 0.5) is 10.8 Å². The molecular weight excluding hydrogens is 432 g/mol. The number of nitrogens with zero attached hydrogens (tertiary/aromatic N) is 3. The molecule has 164 valence electrons. The second-order valence-electron chi connectivity index (χ2n) is 8.01. The van der Waals surface area contributed by atoms with Gasteiger partial charge in [-0.2, -0.15) is 0 Å². The molecule has 33 heavy (non-hydrogen) atoms. The summed E-state index contributed by atoms with van der Waals surface area (Å²) in [7, 11) is 0.